The lowest BCUT2D eigenvalue weighted by atomic mass is 10.3. The SMILES string of the molecule is CCOc1ccccc1NC(=O)C[n+]1ccc(C)cc1. The van der Waals surface area contributed by atoms with Crippen LogP contribution in [0.5, 0.6) is 5.75 Å². The molecule has 0 radical (unpaired) electrons. The van der Waals surface area contributed by atoms with Gasteiger partial charge in [-0.2, -0.15) is 4.57 Å². The van der Waals surface area contributed by atoms with E-state index in [9.17, 15) is 4.79 Å². The number of pyridine rings is 1. The normalized spacial score (nSPS) is 10.1. The zero-order valence-corrected chi connectivity index (χ0v) is 11.8. The maximum absolute atomic E-state index is 12.0. The van der Waals surface area contributed by atoms with Crippen LogP contribution < -0.4 is 14.6 Å². The number of nitrogens with one attached hydrogen (secondary N) is 1. The Hall–Kier alpha value is -2.36. The summed E-state index contributed by atoms with van der Waals surface area (Å²) in [7, 11) is 0. The second kappa shape index (κ2) is 6.70. The number of aryl methyl sites for hydroxylation is 1. The number of aromatic nitrogens is 1. The Labute approximate surface area is 119 Å². The Balaban J connectivity index is 2.02. The van der Waals surface area contributed by atoms with Crippen LogP contribution in [0.2, 0.25) is 0 Å². The van der Waals surface area contributed by atoms with Crippen molar-refractivity contribution >= 4 is 11.6 Å². The summed E-state index contributed by atoms with van der Waals surface area (Å²) in [5, 5.41) is 2.87. The number of hydrogen-bond acceptors (Lipinski definition) is 2. The summed E-state index contributed by atoms with van der Waals surface area (Å²) < 4.78 is 7.32. The number of hydrogen-bond donors (Lipinski definition) is 1. The lowest BCUT2D eigenvalue weighted by molar-refractivity contribution is -0.684. The first-order valence-corrected chi connectivity index (χ1v) is 6.66. The minimum absolute atomic E-state index is 0.0778. The van der Waals surface area contributed by atoms with Crippen LogP contribution >= 0.6 is 0 Å². The molecule has 1 aromatic carbocycles. The van der Waals surface area contributed by atoms with Gasteiger partial charge in [0.1, 0.15) is 5.75 Å². The van der Waals surface area contributed by atoms with Crippen LogP contribution in [0.1, 0.15) is 12.5 Å². The fraction of sp³-hybridized carbons (Fsp3) is 0.250. The average molecular weight is 271 g/mol. The third kappa shape index (κ3) is 3.82. The van der Waals surface area contributed by atoms with E-state index in [0.29, 0.717) is 18.0 Å². The number of para-hydroxylation sites is 2. The maximum Gasteiger partial charge on any atom is 0.290 e. The van der Waals surface area contributed by atoms with Gasteiger partial charge in [-0.15, -0.1) is 0 Å². The zero-order chi connectivity index (χ0) is 14.4. The summed E-state index contributed by atoms with van der Waals surface area (Å²) in [6.45, 7) is 4.78. The molecule has 0 atom stereocenters. The van der Waals surface area contributed by atoms with Crippen molar-refractivity contribution in [2.45, 2.75) is 20.4 Å². The van der Waals surface area contributed by atoms with Crippen molar-refractivity contribution in [1.82, 2.24) is 0 Å². The van der Waals surface area contributed by atoms with E-state index in [4.69, 9.17) is 4.74 Å². The molecule has 4 heteroatoms. The van der Waals surface area contributed by atoms with Crippen LogP contribution in [0.3, 0.4) is 0 Å². The summed E-state index contributed by atoms with van der Waals surface area (Å²) in [6, 6.07) is 11.4. The predicted molar refractivity (Wildman–Crippen MR) is 77.6 cm³/mol. The summed E-state index contributed by atoms with van der Waals surface area (Å²) >= 11 is 0. The van der Waals surface area contributed by atoms with Gasteiger partial charge in [-0.25, -0.2) is 0 Å². The third-order valence-corrected chi connectivity index (χ3v) is 2.84. The van der Waals surface area contributed by atoms with E-state index in [1.54, 1.807) is 0 Å². The van der Waals surface area contributed by atoms with Crippen molar-refractivity contribution in [2.24, 2.45) is 0 Å². The molecular formula is C16H19N2O2+. The van der Waals surface area contributed by atoms with Gasteiger partial charge >= 0.3 is 0 Å². The number of carbonyl (C=O) groups excluding carboxylic acids is 1. The molecule has 1 N–H and O–H groups in total. The van der Waals surface area contributed by atoms with E-state index in [1.165, 1.54) is 5.56 Å². The number of anilines is 1. The monoisotopic (exact) mass is 271 g/mol. The van der Waals surface area contributed by atoms with Crippen molar-refractivity contribution in [2.75, 3.05) is 11.9 Å². The van der Waals surface area contributed by atoms with Gasteiger partial charge < -0.3 is 10.1 Å². The molecule has 20 heavy (non-hydrogen) atoms. The molecular weight excluding hydrogens is 252 g/mol. The molecule has 2 rings (SSSR count). The standard InChI is InChI=1S/C16H18N2O2/c1-3-20-15-7-5-4-6-14(15)17-16(19)12-18-10-8-13(2)9-11-18/h4-11H,3,12H2,1-2H3/p+1. The molecule has 1 heterocycles. The average Bonchev–Trinajstić information content (AvgIpc) is 2.44. The molecule has 2 aromatic rings. The zero-order valence-electron chi connectivity index (χ0n) is 11.8. The fourth-order valence-corrected chi connectivity index (χ4v) is 1.84. The minimum Gasteiger partial charge on any atom is -0.492 e. The van der Waals surface area contributed by atoms with Gasteiger partial charge in [0.05, 0.1) is 12.3 Å². The van der Waals surface area contributed by atoms with E-state index in [-0.39, 0.29) is 12.5 Å². The van der Waals surface area contributed by atoms with Crippen molar-refractivity contribution in [3.8, 4) is 5.75 Å². The highest BCUT2D eigenvalue weighted by Gasteiger charge is 2.11. The van der Waals surface area contributed by atoms with Gasteiger partial charge in [0, 0.05) is 12.1 Å². The number of amides is 1. The van der Waals surface area contributed by atoms with Crippen LogP contribution in [-0.4, -0.2) is 12.5 Å². The Bertz CT molecular complexity index is 579. The first-order chi connectivity index (χ1) is 9.69. The lowest BCUT2D eigenvalue weighted by Gasteiger charge is -2.10. The smallest absolute Gasteiger partial charge is 0.290 e. The first kappa shape index (κ1) is 14.1. The summed E-state index contributed by atoms with van der Waals surface area (Å²) in [4.78, 5) is 12.0. The van der Waals surface area contributed by atoms with Crippen LogP contribution in [0.25, 0.3) is 0 Å². The highest BCUT2D eigenvalue weighted by atomic mass is 16.5. The number of nitrogens with zero attached hydrogens (tertiary/aromatic N) is 1. The van der Waals surface area contributed by atoms with Crippen LogP contribution in [0.15, 0.2) is 48.8 Å². The van der Waals surface area contributed by atoms with Crippen LogP contribution in [0, 0.1) is 6.92 Å². The topological polar surface area (TPSA) is 42.2 Å². The minimum atomic E-state index is -0.0778. The number of carbonyl (C=O) groups is 1. The van der Waals surface area contributed by atoms with Gasteiger partial charge in [0.25, 0.3) is 5.91 Å². The first-order valence-electron chi connectivity index (χ1n) is 6.66. The molecule has 0 spiro atoms. The van der Waals surface area contributed by atoms with E-state index in [2.05, 4.69) is 5.32 Å². The molecule has 4 nitrogen and oxygen atoms in total. The van der Waals surface area contributed by atoms with Gasteiger partial charge in [-0.1, -0.05) is 12.1 Å². The number of ether oxygens (including phenoxy) is 1. The van der Waals surface area contributed by atoms with E-state index in [0.717, 1.165) is 0 Å². The molecule has 0 aliphatic rings. The Morgan fingerprint density at radius 3 is 2.60 bits per heavy atom. The molecule has 0 bridgehead atoms. The largest absolute Gasteiger partial charge is 0.492 e. The molecule has 0 unspecified atom stereocenters. The number of rotatable bonds is 5. The molecule has 0 saturated carbocycles. The molecule has 0 fully saturated rings. The highest BCUT2D eigenvalue weighted by Crippen LogP contribution is 2.23. The van der Waals surface area contributed by atoms with Crippen molar-refractivity contribution in [3.05, 3.63) is 54.4 Å². The Morgan fingerprint density at radius 1 is 1.20 bits per heavy atom. The highest BCUT2D eigenvalue weighted by molar-refractivity contribution is 5.91. The predicted octanol–water partition coefficient (Wildman–Crippen LogP) is 2.32. The second-order valence-corrected chi connectivity index (χ2v) is 4.53. The van der Waals surface area contributed by atoms with Gasteiger partial charge in [-0.05, 0) is 31.5 Å². The number of benzene rings is 1. The Morgan fingerprint density at radius 2 is 1.90 bits per heavy atom. The van der Waals surface area contributed by atoms with E-state index in [1.807, 2.05) is 67.2 Å². The van der Waals surface area contributed by atoms with Crippen molar-refractivity contribution < 1.29 is 14.1 Å². The van der Waals surface area contributed by atoms with Crippen LogP contribution in [-0.2, 0) is 11.3 Å². The fourth-order valence-electron chi connectivity index (χ4n) is 1.84. The summed E-state index contributed by atoms with van der Waals surface area (Å²) in [6.07, 6.45) is 3.78. The van der Waals surface area contributed by atoms with E-state index < -0.39 is 0 Å². The molecule has 0 aliphatic carbocycles. The molecule has 1 amide bonds. The Kier molecular flexibility index (Phi) is 4.71. The quantitative estimate of drug-likeness (QED) is 0.848. The third-order valence-electron chi connectivity index (χ3n) is 2.84. The lowest BCUT2D eigenvalue weighted by Crippen LogP contribution is -2.39. The van der Waals surface area contributed by atoms with Gasteiger partial charge in [0.15, 0.2) is 12.4 Å². The van der Waals surface area contributed by atoms with Gasteiger partial charge in [-0.3, -0.25) is 4.79 Å². The molecule has 0 aliphatic heterocycles. The van der Waals surface area contributed by atoms with Crippen molar-refractivity contribution in [1.29, 1.82) is 0 Å². The molecule has 0 saturated heterocycles. The van der Waals surface area contributed by atoms with Gasteiger partial charge in [0.2, 0.25) is 6.54 Å². The molecule has 104 valence electrons. The summed E-state index contributed by atoms with van der Waals surface area (Å²) in [5.41, 5.74) is 1.87. The summed E-state index contributed by atoms with van der Waals surface area (Å²) in [5.74, 6) is 0.614. The second-order valence-electron chi connectivity index (χ2n) is 4.53. The maximum atomic E-state index is 12.0. The van der Waals surface area contributed by atoms with Crippen molar-refractivity contribution in [3.63, 3.8) is 0 Å². The molecule has 1 aromatic heterocycles. The van der Waals surface area contributed by atoms with E-state index >= 15 is 0 Å². The van der Waals surface area contributed by atoms with Crippen LogP contribution in [0.4, 0.5) is 5.69 Å².